The number of nitrogens with one attached hydrogen (secondary N) is 1. The molecule has 0 heterocycles. The van der Waals surface area contributed by atoms with Gasteiger partial charge in [0.25, 0.3) is 0 Å². The van der Waals surface area contributed by atoms with Gasteiger partial charge in [0.2, 0.25) is 10.0 Å². The van der Waals surface area contributed by atoms with Gasteiger partial charge in [-0.2, -0.15) is 0 Å². The summed E-state index contributed by atoms with van der Waals surface area (Å²) in [6.45, 7) is 0. The van der Waals surface area contributed by atoms with Crippen LogP contribution in [0.15, 0.2) is 83.8 Å². The van der Waals surface area contributed by atoms with Crippen LogP contribution in [0.3, 0.4) is 0 Å². The van der Waals surface area contributed by atoms with Gasteiger partial charge in [-0.05, 0) is 66.8 Å². The third-order valence-electron chi connectivity index (χ3n) is 4.78. The molecule has 0 aliphatic heterocycles. The summed E-state index contributed by atoms with van der Waals surface area (Å²) in [6.07, 6.45) is 2.79. The SMILES string of the molecule is O=S(=O)(NC1CCCc2ccccc21)c1ccc(Oc2ccccc2)cc1. The first-order valence-corrected chi connectivity index (χ1v) is 10.5. The van der Waals surface area contributed by atoms with Crippen LogP contribution in [-0.4, -0.2) is 8.42 Å². The van der Waals surface area contributed by atoms with Crippen molar-refractivity contribution in [1.29, 1.82) is 0 Å². The summed E-state index contributed by atoms with van der Waals surface area (Å²) in [5.74, 6) is 1.31. The second kappa shape index (κ2) is 7.55. The van der Waals surface area contributed by atoms with Gasteiger partial charge in [-0.3, -0.25) is 0 Å². The second-order valence-corrected chi connectivity index (χ2v) is 8.37. The van der Waals surface area contributed by atoms with Crippen molar-refractivity contribution in [3.05, 3.63) is 90.0 Å². The number of rotatable bonds is 5. The number of sulfonamides is 1. The van der Waals surface area contributed by atoms with Gasteiger partial charge in [-0.15, -0.1) is 0 Å². The molecule has 27 heavy (non-hydrogen) atoms. The number of ether oxygens (including phenoxy) is 1. The Labute approximate surface area is 159 Å². The molecule has 0 saturated heterocycles. The van der Waals surface area contributed by atoms with Gasteiger partial charge in [0.15, 0.2) is 0 Å². The summed E-state index contributed by atoms with van der Waals surface area (Å²) >= 11 is 0. The molecule has 0 aromatic heterocycles. The molecule has 0 saturated carbocycles. The number of aryl methyl sites for hydroxylation is 1. The Balaban J connectivity index is 1.51. The molecule has 0 radical (unpaired) electrons. The maximum atomic E-state index is 12.8. The van der Waals surface area contributed by atoms with E-state index in [1.165, 1.54) is 5.56 Å². The van der Waals surface area contributed by atoms with Crippen LogP contribution < -0.4 is 9.46 Å². The fourth-order valence-corrected chi connectivity index (χ4v) is 4.69. The van der Waals surface area contributed by atoms with Crippen LogP contribution in [0, 0.1) is 0 Å². The standard InChI is InChI=1S/C22H21NO3S/c24-27(25,23-22-12-6-8-17-7-4-5-11-21(17)22)20-15-13-19(14-16-20)26-18-9-2-1-3-10-18/h1-5,7,9-11,13-16,22-23H,6,8,12H2. The van der Waals surface area contributed by atoms with Crippen LogP contribution in [-0.2, 0) is 16.4 Å². The fraction of sp³-hybridized carbons (Fsp3) is 0.182. The largest absolute Gasteiger partial charge is 0.457 e. The van der Waals surface area contributed by atoms with Crippen molar-refractivity contribution in [2.45, 2.75) is 30.2 Å². The van der Waals surface area contributed by atoms with Crippen molar-refractivity contribution >= 4 is 10.0 Å². The summed E-state index contributed by atoms with van der Waals surface area (Å²) in [7, 11) is -3.60. The molecule has 1 aliphatic rings. The first-order valence-electron chi connectivity index (χ1n) is 9.05. The average molecular weight is 379 g/mol. The Bertz CT molecular complexity index is 1010. The van der Waals surface area contributed by atoms with E-state index in [9.17, 15) is 8.42 Å². The average Bonchev–Trinajstić information content (AvgIpc) is 2.69. The Morgan fingerprint density at radius 3 is 2.26 bits per heavy atom. The molecular formula is C22H21NO3S. The summed E-state index contributed by atoms with van der Waals surface area (Å²) < 4.78 is 34.3. The highest BCUT2D eigenvalue weighted by Gasteiger charge is 2.25. The minimum atomic E-state index is -3.60. The van der Waals surface area contributed by atoms with Crippen molar-refractivity contribution in [2.75, 3.05) is 0 Å². The first-order chi connectivity index (χ1) is 13.1. The maximum Gasteiger partial charge on any atom is 0.241 e. The molecular weight excluding hydrogens is 358 g/mol. The zero-order chi connectivity index (χ0) is 18.7. The minimum absolute atomic E-state index is 0.180. The molecule has 3 aromatic carbocycles. The normalized spacial score (nSPS) is 16.5. The van der Waals surface area contributed by atoms with Crippen LogP contribution in [0.4, 0.5) is 0 Å². The Morgan fingerprint density at radius 1 is 0.815 bits per heavy atom. The van der Waals surface area contributed by atoms with E-state index >= 15 is 0 Å². The fourth-order valence-electron chi connectivity index (χ4n) is 3.44. The lowest BCUT2D eigenvalue weighted by atomic mass is 9.88. The lowest BCUT2D eigenvalue weighted by Gasteiger charge is -2.26. The van der Waals surface area contributed by atoms with Crippen LogP contribution in [0.25, 0.3) is 0 Å². The van der Waals surface area contributed by atoms with E-state index in [2.05, 4.69) is 10.8 Å². The lowest BCUT2D eigenvalue weighted by molar-refractivity contribution is 0.482. The third-order valence-corrected chi connectivity index (χ3v) is 6.27. The van der Waals surface area contributed by atoms with E-state index in [0.717, 1.165) is 24.8 Å². The Kier molecular flexibility index (Phi) is 4.97. The highest BCUT2D eigenvalue weighted by molar-refractivity contribution is 7.89. The van der Waals surface area contributed by atoms with E-state index in [1.807, 2.05) is 48.5 Å². The first kappa shape index (κ1) is 17.8. The Hall–Kier alpha value is -2.63. The summed E-state index contributed by atoms with van der Waals surface area (Å²) in [4.78, 5) is 0.242. The number of para-hydroxylation sites is 1. The second-order valence-electron chi connectivity index (χ2n) is 6.65. The van der Waals surface area contributed by atoms with Crippen molar-refractivity contribution in [1.82, 2.24) is 4.72 Å². The van der Waals surface area contributed by atoms with Gasteiger partial charge in [0, 0.05) is 6.04 Å². The predicted octanol–water partition coefficient (Wildman–Crippen LogP) is 4.83. The molecule has 0 amide bonds. The smallest absolute Gasteiger partial charge is 0.241 e. The van der Waals surface area contributed by atoms with E-state index in [0.29, 0.717) is 11.5 Å². The third kappa shape index (κ3) is 4.04. The number of benzene rings is 3. The number of hydrogen-bond acceptors (Lipinski definition) is 3. The van der Waals surface area contributed by atoms with Gasteiger partial charge in [0.05, 0.1) is 4.90 Å². The zero-order valence-electron chi connectivity index (χ0n) is 14.8. The maximum absolute atomic E-state index is 12.8. The van der Waals surface area contributed by atoms with Gasteiger partial charge in [-0.25, -0.2) is 13.1 Å². The van der Waals surface area contributed by atoms with Crippen LogP contribution >= 0.6 is 0 Å². The summed E-state index contributed by atoms with van der Waals surface area (Å²) in [5.41, 5.74) is 2.31. The number of fused-ring (bicyclic) bond motifs is 1. The summed E-state index contributed by atoms with van der Waals surface area (Å²) in [5, 5.41) is 0. The quantitative estimate of drug-likeness (QED) is 0.690. The zero-order valence-corrected chi connectivity index (χ0v) is 15.7. The molecule has 4 nitrogen and oxygen atoms in total. The van der Waals surface area contributed by atoms with Crippen LogP contribution in [0.2, 0.25) is 0 Å². The molecule has 1 atom stereocenters. The molecule has 4 rings (SSSR count). The van der Waals surface area contributed by atoms with E-state index in [4.69, 9.17) is 4.74 Å². The van der Waals surface area contributed by atoms with E-state index in [-0.39, 0.29) is 10.9 Å². The topological polar surface area (TPSA) is 55.4 Å². The van der Waals surface area contributed by atoms with Gasteiger partial charge in [0.1, 0.15) is 11.5 Å². The minimum Gasteiger partial charge on any atom is -0.457 e. The Morgan fingerprint density at radius 2 is 1.48 bits per heavy atom. The van der Waals surface area contributed by atoms with Gasteiger partial charge >= 0.3 is 0 Å². The highest BCUT2D eigenvalue weighted by Crippen LogP contribution is 2.31. The highest BCUT2D eigenvalue weighted by atomic mass is 32.2. The molecule has 0 bridgehead atoms. The van der Waals surface area contributed by atoms with Crippen LogP contribution in [0.1, 0.15) is 30.0 Å². The monoisotopic (exact) mass is 379 g/mol. The van der Waals surface area contributed by atoms with Crippen molar-refractivity contribution < 1.29 is 13.2 Å². The molecule has 138 valence electrons. The molecule has 1 aliphatic carbocycles. The molecule has 3 aromatic rings. The van der Waals surface area contributed by atoms with E-state index in [1.54, 1.807) is 24.3 Å². The predicted molar refractivity (Wildman–Crippen MR) is 105 cm³/mol. The molecule has 0 spiro atoms. The molecule has 1 N–H and O–H groups in total. The molecule has 5 heteroatoms. The van der Waals surface area contributed by atoms with Crippen molar-refractivity contribution in [2.24, 2.45) is 0 Å². The van der Waals surface area contributed by atoms with Gasteiger partial charge < -0.3 is 4.74 Å². The van der Waals surface area contributed by atoms with Crippen molar-refractivity contribution in [3.8, 4) is 11.5 Å². The van der Waals surface area contributed by atoms with Crippen LogP contribution in [0.5, 0.6) is 11.5 Å². The van der Waals surface area contributed by atoms with Crippen molar-refractivity contribution in [3.63, 3.8) is 0 Å². The number of hydrogen-bond donors (Lipinski definition) is 1. The van der Waals surface area contributed by atoms with E-state index < -0.39 is 10.0 Å². The summed E-state index contributed by atoms with van der Waals surface area (Å²) in [6, 6.07) is 23.8. The molecule has 1 unspecified atom stereocenters. The van der Waals surface area contributed by atoms with Gasteiger partial charge in [-0.1, -0.05) is 42.5 Å². The lowest BCUT2D eigenvalue weighted by Crippen LogP contribution is -2.31. The molecule has 0 fully saturated rings.